The molecule has 0 aliphatic heterocycles. The number of hydrogen-bond acceptors (Lipinski definition) is 5. The van der Waals surface area contributed by atoms with E-state index in [4.69, 9.17) is 9.59 Å². The van der Waals surface area contributed by atoms with E-state index >= 15 is 0 Å². The van der Waals surface area contributed by atoms with E-state index in [2.05, 4.69) is 36.1 Å². The Labute approximate surface area is 192 Å². The first-order valence-corrected chi connectivity index (χ1v) is 10.9. The third kappa shape index (κ3) is 5.41. The molecular weight excluding hydrogens is 423 g/mol. The highest BCUT2D eigenvalue weighted by Gasteiger charge is 2.38. The molecule has 0 saturated heterocycles. The summed E-state index contributed by atoms with van der Waals surface area (Å²) in [4.78, 5) is 38.0. The van der Waals surface area contributed by atoms with Crippen LogP contribution in [0.15, 0.2) is 42.7 Å². The minimum Gasteiger partial charge on any atom is -0.327 e. The van der Waals surface area contributed by atoms with Crippen LogP contribution >= 0.6 is 0 Å². The number of benzene rings is 1. The van der Waals surface area contributed by atoms with E-state index in [-0.39, 0.29) is 17.8 Å². The third-order valence-corrected chi connectivity index (χ3v) is 5.89. The Morgan fingerprint density at radius 1 is 1.30 bits per heavy atom. The smallest absolute Gasteiger partial charge is 0.327 e. The molecule has 7 nitrogen and oxygen atoms in total. The molecule has 1 fully saturated rings. The van der Waals surface area contributed by atoms with E-state index < -0.39 is 11.7 Å². The summed E-state index contributed by atoms with van der Waals surface area (Å²) >= 11 is 0. The van der Waals surface area contributed by atoms with E-state index in [1.54, 1.807) is 18.3 Å². The van der Waals surface area contributed by atoms with Gasteiger partial charge in [0, 0.05) is 18.4 Å². The predicted octanol–water partition coefficient (Wildman–Crippen LogP) is 5.16. The monoisotopic (exact) mass is 450 g/mol. The number of nitrogens with zero attached hydrogens (tertiary/aromatic N) is 3. The number of rotatable bonds is 6. The molecular formula is C25H27FN4O3. The first kappa shape index (κ1) is 24.0. The van der Waals surface area contributed by atoms with Crippen LogP contribution < -0.4 is 5.32 Å². The molecule has 0 spiro atoms. The van der Waals surface area contributed by atoms with Crippen LogP contribution in [0.2, 0.25) is 0 Å². The molecule has 172 valence electrons. The van der Waals surface area contributed by atoms with Crippen molar-refractivity contribution in [2.24, 2.45) is 5.92 Å². The molecule has 0 bridgehead atoms. The minimum atomic E-state index is -0.506. The van der Waals surface area contributed by atoms with Crippen molar-refractivity contribution >= 4 is 17.9 Å². The van der Waals surface area contributed by atoms with Gasteiger partial charge in [0.05, 0.1) is 5.56 Å². The van der Waals surface area contributed by atoms with Gasteiger partial charge >= 0.3 is 6.15 Å². The number of aromatic nitrogens is 3. The van der Waals surface area contributed by atoms with Gasteiger partial charge in [0.2, 0.25) is 0 Å². The molecule has 1 saturated carbocycles. The Kier molecular flexibility index (Phi) is 7.51. The average Bonchev–Trinajstić information content (AvgIpc) is 3.37. The Bertz CT molecular complexity index is 1180. The maximum absolute atomic E-state index is 14.6. The Morgan fingerprint density at radius 3 is 2.67 bits per heavy atom. The van der Waals surface area contributed by atoms with Crippen LogP contribution in [0.25, 0.3) is 11.5 Å². The van der Waals surface area contributed by atoms with E-state index in [0.717, 1.165) is 29.8 Å². The molecule has 1 aromatic carbocycles. The lowest BCUT2D eigenvalue weighted by Gasteiger charge is -2.13. The van der Waals surface area contributed by atoms with Crippen LogP contribution in [0, 0.1) is 18.7 Å². The lowest BCUT2D eigenvalue weighted by molar-refractivity contribution is -0.191. The van der Waals surface area contributed by atoms with Crippen molar-refractivity contribution in [1.82, 2.24) is 14.5 Å². The summed E-state index contributed by atoms with van der Waals surface area (Å²) < 4.78 is 16.6. The van der Waals surface area contributed by atoms with Crippen molar-refractivity contribution in [1.29, 1.82) is 0 Å². The molecule has 1 amide bonds. The van der Waals surface area contributed by atoms with E-state index in [1.807, 2.05) is 29.8 Å². The molecule has 1 N–H and O–H groups in total. The number of amides is 1. The van der Waals surface area contributed by atoms with Gasteiger partial charge in [-0.3, -0.25) is 4.79 Å². The summed E-state index contributed by atoms with van der Waals surface area (Å²) in [6, 6.07) is 8.78. The molecule has 3 aromatic rings. The Hall–Kier alpha value is -3.64. The molecule has 33 heavy (non-hydrogen) atoms. The van der Waals surface area contributed by atoms with Crippen LogP contribution in [-0.4, -0.2) is 26.6 Å². The highest BCUT2D eigenvalue weighted by Crippen LogP contribution is 2.50. The van der Waals surface area contributed by atoms with Gasteiger partial charge in [0.1, 0.15) is 17.3 Å². The first-order chi connectivity index (χ1) is 15.8. The van der Waals surface area contributed by atoms with E-state index in [0.29, 0.717) is 23.3 Å². The predicted molar refractivity (Wildman–Crippen MR) is 121 cm³/mol. The maximum atomic E-state index is 14.6. The number of nitrogens with one attached hydrogen (secondary N) is 1. The molecule has 0 radical (unpaired) electrons. The largest absolute Gasteiger partial charge is 0.373 e. The molecule has 8 heteroatoms. The summed E-state index contributed by atoms with van der Waals surface area (Å²) in [5.41, 5.74) is 2.70. The summed E-state index contributed by atoms with van der Waals surface area (Å²) in [7, 11) is 0. The summed E-state index contributed by atoms with van der Waals surface area (Å²) in [5, 5.41) is 2.75. The van der Waals surface area contributed by atoms with Crippen molar-refractivity contribution in [2.75, 3.05) is 5.32 Å². The zero-order chi connectivity index (χ0) is 24.1. The normalized spacial score (nSPS) is 16.5. The molecule has 2 unspecified atom stereocenters. The van der Waals surface area contributed by atoms with Gasteiger partial charge < -0.3 is 9.88 Å². The van der Waals surface area contributed by atoms with Gasteiger partial charge in [-0.25, -0.2) is 14.4 Å². The zero-order valence-corrected chi connectivity index (χ0v) is 19.1. The number of hydrogen-bond donors (Lipinski definition) is 1. The molecule has 2 atom stereocenters. The van der Waals surface area contributed by atoms with Gasteiger partial charge in [0.15, 0.2) is 5.82 Å². The van der Waals surface area contributed by atoms with Crippen LogP contribution in [0.1, 0.15) is 67.1 Å². The average molecular weight is 451 g/mol. The first-order valence-electron chi connectivity index (χ1n) is 10.9. The van der Waals surface area contributed by atoms with Gasteiger partial charge in [0.25, 0.3) is 5.91 Å². The lowest BCUT2D eigenvalue weighted by atomic mass is 9.98. The number of carbonyl (C=O) groups is 1. The third-order valence-electron chi connectivity index (χ3n) is 5.89. The summed E-state index contributed by atoms with van der Waals surface area (Å²) in [6.45, 7) is 8.21. The number of aryl methyl sites for hydroxylation is 1. The number of anilines is 1. The Balaban J connectivity index is 0.000000968. The van der Waals surface area contributed by atoms with E-state index in [1.165, 1.54) is 6.07 Å². The van der Waals surface area contributed by atoms with Crippen molar-refractivity contribution in [3.63, 3.8) is 0 Å². The second-order valence-electron chi connectivity index (χ2n) is 8.40. The standard InChI is InChI=1S/C24H27FN4O.CO2/c1-5-16-12-18(16)17-13-19(20(25)11-15(17)4)24(30)28-22-8-6-7-21(27-22)23-26-9-10-29(23)14(2)3;2-1-3/h6-11,13-14,16,18H,5,12H2,1-4H3,(H,27,28,30);. The van der Waals surface area contributed by atoms with Crippen LogP contribution in [0.5, 0.6) is 0 Å². The number of imidazole rings is 1. The quantitative estimate of drug-likeness (QED) is 0.560. The fourth-order valence-electron chi connectivity index (χ4n) is 4.08. The second-order valence-corrected chi connectivity index (χ2v) is 8.40. The summed E-state index contributed by atoms with van der Waals surface area (Å²) in [6.07, 6.45) is 6.09. The SMILES string of the molecule is CCC1CC1c1cc(C(=O)Nc2cccc(-c3nccn3C(C)C)n2)c(F)cc1C.O=C=O. The van der Waals surface area contributed by atoms with Crippen LogP contribution in [0.3, 0.4) is 0 Å². The lowest BCUT2D eigenvalue weighted by Crippen LogP contribution is -2.16. The van der Waals surface area contributed by atoms with Crippen molar-refractivity contribution in [3.05, 3.63) is 65.2 Å². The topological polar surface area (TPSA) is 93.9 Å². The fourth-order valence-corrected chi connectivity index (χ4v) is 4.08. The number of carbonyl (C=O) groups excluding carboxylic acids is 3. The highest BCUT2D eigenvalue weighted by molar-refractivity contribution is 6.04. The molecule has 2 heterocycles. The van der Waals surface area contributed by atoms with Gasteiger partial charge in [-0.2, -0.15) is 9.59 Å². The van der Waals surface area contributed by atoms with Crippen LogP contribution in [-0.2, 0) is 9.59 Å². The summed E-state index contributed by atoms with van der Waals surface area (Å²) in [5.74, 6) is 1.17. The van der Waals surface area contributed by atoms with Crippen molar-refractivity contribution in [3.8, 4) is 11.5 Å². The van der Waals surface area contributed by atoms with E-state index in [9.17, 15) is 9.18 Å². The molecule has 1 aliphatic carbocycles. The van der Waals surface area contributed by atoms with Gasteiger partial charge in [-0.05, 0) is 74.4 Å². The molecule has 1 aliphatic rings. The van der Waals surface area contributed by atoms with Crippen molar-refractivity contribution in [2.45, 2.75) is 52.5 Å². The molecule has 2 aromatic heterocycles. The Morgan fingerprint density at radius 2 is 2.03 bits per heavy atom. The molecule has 4 rings (SSSR count). The highest BCUT2D eigenvalue weighted by atomic mass is 19.1. The minimum absolute atomic E-state index is 0.0632. The van der Waals surface area contributed by atoms with Crippen LogP contribution in [0.4, 0.5) is 10.2 Å². The fraction of sp³-hybridized carbons (Fsp3) is 0.360. The van der Waals surface area contributed by atoms with Crippen molar-refractivity contribution < 1.29 is 18.8 Å². The number of halogens is 1. The second kappa shape index (κ2) is 10.3. The van der Waals surface area contributed by atoms with Gasteiger partial charge in [-0.15, -0.1) is 0 Å². The maximum Gasteiger partial charge on any atom is 0.373 e. The number of pyridine rings is 1. The zero-order valence-electron chi connectivity index (χ0n) is 19.1. The van der Waals surface area contributed by atoms with Gasteiger partial charge in [-0.1, -0.05) is 19.4 Å².